The number of hydrogen-bond donors (Lipinski definition) is 0. The minimum Gasteiger partial charge on any atom is -0.456 e. The molecule has 61 heavy (non-hydrogen) atoms. The van der Waals surface area contributed by atoms with Gasteiger partial charge in [-0.05, 0) is 134 Å². The van der Waals surface area contributed by atoms with Crippen molar-refractivity contribution >= 4 is 54.3 Å². The predicted molar refractivity (Wildman–Crippen MR) is 258 cm³/mol. The Labute approximate surface area is 355 Å². The van der Waals surface area contributed by atoms with Crippen LogP contribution in [-0.4, -0.2) is 0 Å². The highest BCUT2D eigenvalue weighted by Gasteiger charge is 2.39. The molecule has 288 valence electrons. The molecule has 1 heterocycles. The molecular formula is C60H42O. The van der Waals surface area contributed by atoms with Crippen molar-refractivity contribution < 1.29 is 4.42 Å². The Morgan fingerprint density at radius 3 is 1.54 bits per heavy atom. The molecule has 1 aromatic heterocycles. The van der Waals surface area contributed by atoms with E-state index in [1.165, 1.54) is 121 Å². The first-order valence-corrected chi connectivity index (χ1v) is 21.6. The monoisotopic (exact) mass is 778 g/mol. The second-order valence-corrected chi connectivity index (χ2v) is 18.3. The molecule has 2 aliphatic carbocycles. The zero-order valence-corrected chi connectivity index (χ0v) is 34.7. The maximum atomic E-state index is 6.94. The van der Waals surface area contributed by atoms with Gasteiger partial charge in [0, 0.05) is 21.6 Å². The van der Waals surface area contributed by atoms with E-state index in [4.69, 9.17) is 4.42 Å². The summed E-state index contributed by atoms with van der Waals surface area (Å²) in [5, 5.41) is 9.96. The predicted octanol–water partition coefficient (Wildman–Crippen LogP) is 16.7. The number of hydrogen-bond acceptors (Lipinski definition) is 1. The van der Waals surface area contributed by atoms with E-state index in [9.17, 15) is 0 Å². The third-order valence-corrected chi connectivity index (χ3v) is 14.4. The first kappa shape index (κ1) is 34.6. The first-order chi connectivity index (χ1) is 29.8. The van der Waals surface area contributed by atoms with Crippen molar-refractivity contribution in [2.45, 2.75) is 38.5 Å². The van der Waals surface area contributed by atoms with Crippen LogP contribution >= 0.6 is 0 Å². The third kappa shape index (κ3) is 4.61. The van der Waals surface area contributed by atoms with Crippen LogP contribution in [-0.2, 0) is 10.8 Å². The third-order valence-electron chi connectivity index (χ3n) is 14.4. The summed E-state index contributed by atoms with van der Waals surface area (Å²) in [6, 6.07) is 67.8. The van der Waals surface area contributed by atoms with Crippen molar-refractivity contribution in [2.75, 3.05) is 0 Å². The van der Waals surface area contributed by atoms with Crippen molar-refractivity contribution in [2.24, 2.45) is 0 Å². The van der Waals surface area contributed by atoms with Crippen LogP contribution in [0.5, 0.6) is 0 Å². The molecule has 0 saturated heterocycles. The molecule has 0 bridgehead atoms. The fourth-order valence-electron chi connectivity index (χ4n) is 11.7. The Morgan fingerprint density at radius 1 is 0.311 bits per heavy atom. The lowest BCUT2D eigenvalue weighted by molar-refractivity contribution is 0.657. The van der Waals surface area contributed by atoms with Gasteiger partial charge in [-0.2, -0.15) is 0 Å². The van der Waals surface area contributed by atoms with Gasteiger partial charge >= 0.3 is 0 Å². The van der Waals surface area contributed by atoms with Crippen LogP contribution in [0.4, 0.5) is 0 Å². The van der Waals surface area contributed by atoms with E-state index in [1.54, 1.807) is 0 Å². The zero-order valence-electron chi connectivity index (χ0n) is 34.7. The number of fused-ring (bicyclic) bond motifs is 13. The average Bonchev–Trinajstić information content (AvgIpc) is 3.86. The molecule has 0 amide bonds. The maximum absolute atomic E-state index is 6.94. The Bertz CT molecular complexity index is 3630. The molecule has 0 N–H and O–H groups in total. The Morgan fingerprint density at radius 2 is 0.836 bits per heavy atom. The van der Waals surface area contributed by atoms with Gasteiger partial charge in [0.25, 0.3) is 0 Å². The van der Waals surface area contributed by atoms with Crippen molar-refractivity contribution in [3.63, 3.8) is 0 Å². The standard InChI is InChI=1S/C60H42O/c1-59(2)50-28-15-14-20-38(50)48-34-53-49(32-52(48)59)57-39-21-9-8-19-37(39)46(33-54(57)61-53)44-26-16-27-45-47-31-36(29-30-51(47)60(3,4)58(44)45)56-42-24-12-10-22-40(42)55(35-17-6-5-7-18-35)41-23-11-13-25-43(41)56/h5-34H,1-4H3. The van der Waals surface area contributed by atoms with Crippen molar-refractivity contribution in [3.05, 3.63) is 204 Å². The number of rotatable bonds is 3. The van der Waals surface area contributed by atoms with Gasteiger partial charge in [0.2, 0.25) is 0 Å². The molecule has 0 spiro atoms. The van der Waals surface area contributed by atoms with E-state index in [0.29, 0.717) is 0 Å². The van der Waals surface area contributed by atoms with Crippen LogP contribution in [0.15, 0.2) is 186 Å². The van der Waals surface area contributed by atoms with E-state index in [1.807, 2.05) is 0 Å². The fraction of sp³-hybridized carbons (Fsp3) is 0.100. The lowest BCUT2D eigenvalue weighted by Gasteiger charge is -2.25. The summed E-state index contributed by atoms with van der Waals surface area (Å²) < 4.78 is 6.94. The zero-order chi connectivity index (χ0) is 40.8. The molecule has 0 atom stereocenters. The normalized spacial score (nSPS) is 14.5. The fourth-order valence-corrected chi connectivity index (χ4v) is 11.7. The topological polar surface area (TPSA) is 13.1 Å². The first-order valence-electron chi connectivity index (χ1n) is 21.6. The summed E-state index contributed by atoms with van der Waals surface area (Å²) in [4.78, 5) is 0. The van der Waals surface area contributed by atoms with E-state index in [-0.39, 0.29) is 10.8 Å². The lowest BCUT2D eigenvalue weighted by Crippen LogP contribution is -2.16. The summed E-state index contributed by atoms with van der Waals surface area (Å²) in [5.41, 5.74) is 19.8. The van der Waals surface area contributed by atoms with Gasteiger partial charge in [-0.1, -0.05) is 185 Å². The van der Waals surface area contributed by atoms with Gasteiger partial charge in [-0.25, -0.2) is 0 Å². The summed E-state index contributed by atoms with van der Waals surface area (Å²) in [6.45, 7) is 9.52. The summed E-state index contributed by atoms with van der Waals surface area (Å²) >= 11 is 0. The van der Waals surface area contributed by atoms with Gasteiger partial charge in [0.05, 0.1) is 0 Å². The minimum absolute atomic E-state index is 0.0870. The van der Waals surface area contributed by atoms with Gasteiger partial charge in [0.1, 0.15) is 11.2 Å². The molecule has 0 saturated carbocycles. The molecule has 0 fully saturated rings. The lowest BCUT2D eigenvalue weighted by atomic mass is 9.78. The van der Waals surface area contributed by atoms with Crippen molar-refractivity contribution in [1.82, 2.24) is 0 Å². The molecule has 11 aromatic rings. The molecule has 0 unspecified atom stereocenters. The van der Waals surface area contributed by atoms with Gasteiger partial charge in [-0.15, -0.1) is 0 Å². The van der Waals surface area contributed by atoms with Crippen LogP contribution in [0.25, 0.3) is 110 Å². The minimum atomic E-state index is -0.231. The van der Waals surface area contributed by atoms with Crippen molar-refractivity contribution in [3.8, 4) is 55.6 Å². The van der Waals surface area contributed by atoms with E-state index < -0.39 is 0 Å². The number of benzene rings is 10. The molecule has 1 heteroatoms. The van der Waals surface area contributed by atoms with Crippen molar-refractivity contribution in [1.29, 1.82) is 0 Å². The van der Waals surface area contributed by atoms with E-state index >= 15 is 0 Å². The summed E-state index contributed by atoms with van der Waals surface area (Å²) in [6.07, 6.45) is 0. The molecular weight excluding hydrogens is 737 g/mol. The van der Waals surface area contributed by atoms with Gasteiger partial charge in [0.15, 0.2) is 0 Å². The molecule has 0 aliphatic heterocycles. The Hall–Kier alpha value is -7.22. The Balaban J connectivity index is 1.02. The molecule has 10 aromatic carbocycles. The average molecular weight is 779 g/mol. The molecule has 13 rings (SSSR count). The van der Waals surface area contributed by atoms with Crippen LogP contribution in [0.2, 0.25) is 0 Å². The summed E-state index contributed by atoms with van der Waals surface area (Å²) in [7, 11) is 0. The molecule has 1 nitrogen and oxygen atoms in total. The highest BCUT2D eigenvalue weighted by molar-refractivity contribution is 6.24. The quantitative estimate of drug-likeness (QED) is 0.163. The Kier molecular flexibility index (Phi) is 6.91. The SMILES string of the molecule is CC1(C)c2ccccc2-c2cc3oc4cc(-c5cccc6c5C(C)(C)c5ccc(-c7c8ccccc8c(-c8ccccc8)c8ccccc78)cc5-6)c5ccccc5c4c3cc21. The second-order valence-electron chi connectivity index (χ2n) is 18.3. The smallest absolute Gasteiger partial charge is 0.136 e. The van der Waals surface area contributed by atoms with Gasteiger partial charge in [-0.3, -0.25) is 0 Å². The van der Waals surface area contributed by atoms with E-state index in [2.05, 4.69) is 210 Å². The van der Waals surface area contributed by atoms with Crippen LogP contribution in [0, 0.1) is 0 Å². The largest absolute Gasteiger partial charge is 0.456 e. The summed E-state index contributed by atoms with van der Waals surface area (Å²) in [5.74, 6) is 0. The van der Waals surface area contributed by atoms with Gasteiger partial charge < -0.3 is 4.42 Å². The highest BCUT2D eigenvalue weighted by Crippen LogP contribution is 2.56. The molecule has 0 radical (unpaired) electrons. The highest BCUT2D eigenvalue weighted by atomic mass is 16.3. The second kappa shape index (κ2) is 12.2. The maximum Gasteiger partial charge on any atom is 0.136 e. The number of furan rings is 1. The van der Waals surface area contributed by atoms with Crippen LogP contribution in [0.1, 0.15) is 49.9 Å². The van der Waals surface area contributed by atoms with E-state index in [0.717, 1.165) is 11.2 Å². The van der Waals surface area contributed by atoms with Crippen LogP contribution < -0.4 is 0 Å². The molecule has 2 aliphatic rings. The van der Waals surface area contributed by atoms with Crippen LogP contribution in [0.3, 0.4) is 0 Å².